The number of hydrazine groups is 1. The van der Waals surface area contributed by atoms with E-state index in [-0.39, 0.29) is 5.91 Å². The number of nitrogens with one attached hydrogen (secondary N) is 2. The second-order valence-electron chi connectivity index (χ2n) is 6.85. The molecule has 1 amide bonds. The summed E-state index contributed by atoms with van der Waals surface area (Å²) in [7, 11) is 0. The van der Waals surface area contributed by atoms with Crippen LogP contribution in [0.25, 0.3) is 10.8 Å². The van der Waals surface area contributed by atoms with Gasteiger partial charge in [0.2, 0.25) is 5.91 Å². The minimum atomic E-state index is 0.142. The van der Waals surface area contributed by atoms with E-state index >= 15 is 0 Å². The number of amides is 1. The molecule has 2 aromatic rings. The summed E-state index contributed by atoms with van der Waals surface area (Å²) in [5, 5.41) is 2.62. The van der Waals surface area contributed by atoms with Crippen LogP contribution in [0.5, 0.6) is 0 Å². The van der Waals surface area contributed by atoms with Gasteiger partial charge in [0, 0.05) is 12.5 Å². The predicted octanol–water partition coefficient (Wildman–Crippen LogP) is 5.36. The molecule has 2 aromatic carbocycles. The van der Waals surface area contributed by atoms with Gasteiger partial charge in [-0.1, -0.05) is 100 Å². The zero-order chi connectivity index (χ0) is 17.7. The summed E-state index contributed by atoms with van der Waals surface area (Å²) in [5.74, 6) is 0.142. The number of carbonyl (C=O) groups is 1. The van der Waals surface area contributed by atoms with Crippen LogP contribution in [-0.4, -0.2) is 11.9 Å². The molecule has 1 aliphatic rings. The van der Waals surface area contributed by atoms with Gasteiger partial charge in [-0.3, -0.25) is 10.2 Å². The number of rotatable bonds is 8. The second-order valence-corrected chi connectivity index (χ2v) is 6.85. The minimum absolute atomic E-state index is 0.142. The van der Waals surface area contributed by atoms with E-state index < -0.39 is 0 Å². The Bertz CT molecular complexity index is 561. The quantitative estimate of drug-likeness (QED) is 0.635. The predicted molar refractivity (Wildman–Crippen MR) is 106 cm³/mol. The van der Waals surface area contributed by atoms with Crippen molar-refractivity contribution in [3.63, 3.8) is 0 Å². The van der Waals surface area contributed by atoms with Gasteiger partial charge in [0.25, 0.3) is 0 Å². The zero-order valence-corrected chi connectivity index (χ0v) is 15.5. The fourth-order valence-corrected chi connectivity index (χ4v) is 3.16. The van der Waals surface area contributed by atoms with Crippen LogP contribution in [0.3, 0.4) is 0 Å². The summed E-state index contributed by atoms with van der Waals surface area (Å²) in [5.41, 5.74) is 5.67. The molecule has 0 bridgehead atoms. The highest BCUT2D eigenvalue weighted by Crippen LogP contribution is 2.12. The summed E-state index contributed by atoms with van der Waals surface area (Å²) < 4.78 is 0. The van der Waals surface area contributed by atoms with Crippen molar-refractivity contribution in [3.05, 3.63) is 48.5 Å². The first-order valence-electron chi connectivity index (χ1n) is 9.77. The van der Waals surface area contributed by atoms with Crippen LogP contribution in [0, 0.1) is 0 Å². The maximum absolute atomic E-state index is 10.9. The lowest BCUT2D eigenvalue weighted by atomic mass is 10.0. The summed E-state index contributed by atoms with van der Waals surface area (Å²) >= 11 is 0. The van der Waals surface area contributed by atoms with Gasteiger partial charge in [-0.15, -0.1) is 0 Å². The fraction of sp³-hybridized carbons (Fsp3) is 0.500. The first-order valence-corrected chi connectivity index (χ1v) is 9.77. The topological polar surface area (TPSA) is 41.1 Å². The van der Waals surface area contributed by atoms with Crippen LogP contribution >= 0.6 is 0 Å². The summed E-state index contributed by atoms with van der Waals surface area (Å²) in [6.45, 7) is 2.25. The molecule has 3 heteroatoms. The van der Waals surface area contributed by atoms with Gasteiger partial charge in [-0.05, 0) is 17.2 Å². The second kappa shape index (κ2) is 11.6. The van der Waals surface area contributed by atoms with Gasteiger partial charge in [0.15, 0.2) is 0 Å². The Morgan fingerprint density at radius 2 is 1.36 bits per heavy atom. The van der Waals surface area contributed by atoms with Crippen molar-refractivity contribution in [1.82, 2.24) is 10.9 Å². The van der Waals surface area contributed by atoms with Gasteiger partial charge in [0.05, 0.1) is 0 Å². The van der Waals surface area contributed by atoms with Crippen LogP contribution in [0.2, 0.25) is 0 Å². The lowest BCUT2D eigenvalue weighted by molar-refractivity contribution is -0.119. The van der Waals surface area contributed by atoms with Crippen molar-refractivity contribution in [2.24, 2.45) is 0 Å². The molecule has 0 spiro atoms. The van der Waals surface area contributed by atoms with Gasteiger partial charge in [-0.2, -0.15) is 0 Å². The molecule has 1 aliphatic heterocycles. The first-order chi connectivity index (χ1) is 12.3. The highest BCUT2D eigenvalue weighted by Gasteiger charge is 2.19. The molecule has 1 fully saturated rings. The molecule has 3 nitrogen and oxygen atoms in total. The van der Waals surface area contributed by atoms with E-state index in [1.807, 2.05) is 0 Å². The number of hydrogen-bond donors (Lipinski definition) is 2. The van der Waals surface area contributed by atoms with Crippen LogP contribution in [-0.2, 0) is 4.79 Å². The molecule has 25 heavy (non-hydrogen) atoms. The van der Waals surface area contributed by atoms with E-state index in [4.69, 9.17) is 0 Å². The average Bonchev–Trinajstić information content (AvgIpc) is 3.07. The number of fused-ring (bicyclic) bond motifs is 1. The third-order valence-electron chi connectivity index (χ3n) is 4.66. The van der Waals surface area contributed by atoms with Crippen molar-refractivity contribution < 1.29 is 4.79 Å². The molecule has 136 valence electrons. The smallest absolute Gasteiger partial charge is 0.235 e. The molecule has 0 saturated carbocycles. The van der Waals surface area contributed by atoms with Gasteiger partial charge >= 0.3 is 0 Å². The monoisotopic (exact) mass is 340 g/mol. The van der Waals surface area contributed by atoms with Crippen LogP contribution < -0.4 is 10.9 Å². The van der Waals surface area contributed by atoms with Crippen LogP contribution in [0.1, 0.15) is 64.7 Å². The Hall–Kier alpha value is -1.87. The van der Waals surface area contributed by atoms with Crippen LogP contribution in [0.4, 0.5) is 0 Å². The van der Waals surface area contributed by atoms with E-state index in [1.165, 1.54) is 55.7 Å². The minimum Gasteiger partial charge on any atom is -0.291 e. The molecular formula is C22H32N2O. The molecule has 1 saturated heterocycles. The lowest BCUT2D eigenvalue weighted by Crippen LogP contribution is -2.31. The number of hydrogen-bond acceptors (Lipinski definition) is 2. The third-order valence-corrected chi connectivity index (χ3v) is 4.66. The van der Waals surface area contributed by atoms with E-state index in [2.05, 4.69) is 66.3 Å². The fourth-order valence-electron chi connectivity index (χ4n) is 3.16. The number of benzene rings is 2. The third kappa shape index (κ3) is 7.70. The number of unbranched alkanes of at least 4 members (excludes halogenated alkanes) is 6. The van der Waals surface area contributed by atoms with Crippen molar-refractivity contribution in [2.75, 3.05) is 0 Å². The van der Waals surface area contributed by atoms with Gasteiger partial charge in [-0.25, -0.2) is 5.43 Å². The summed E-state index contributed by atoms with van der Waals surface area (Å²) in [6, 6.07) is 17.1. The Balaban J connectivity index is 0.000000194. The van der Waals surface area contributed by atoms with Crippen LogP contribution in [0.15, 0.2) is 48.5 Å². The molecule has 3 rings (SSSR count). The van der Waals surface area contributed by atoms with Crippen molar-refractivity contribution in [1.29, 1.82) is 0 Å². The highest BCUT2D eigenvalue weighted by atomic mass is 16.2. The zero-order valence-electron chi connectivity index (χ0n) is 15.5. The summed E-state index contributed by atoms with van der Waals surface area (Å²) in [4.78, 5) is 10.9. The maximum Gasteiger partial charge on any atom is 0.235 e. The molecule has 2 N–H and O–H groups in total. The summed E-state index contributed by atoms with van der Waals surface area (Å²) in [6.07, 6.45) is 11.2. The van der Waals surface area contributed by atoms with E-state index in [1.54, 1.807) is 0 Å². The molecule has 1 heterocycles. The van der Waals surface area contributed by atoms with E-state index in [9.17, 15) is 4.79 Å². The SMILES string of the molecule is CCCCCCCCCC1CC(=O)NN1.c1ccc2ccccc2c1. The Kier molecular flexibility index (Phi) is 9.06. The normalized spacial score (nSPS) is 16.4. The molecule has 0 radical (unpaired) electrons. The molecular weight excluding hydrogens is 308 g/mol. The molecule has 0 aromatic heterocycles. The largest absolute Gasteiger partial charge is 0.291 e. The average molecular weight is 341 g/mol. The Labute approximate surface area is 152 Å². The van der Waals surface area contributed by atoms with Crippen molar-refractivity contribution in [3.8, 4) is 0 Å². The Morgan fingerprint density at radius 1 is 0.840 bits per heavy atom. The first kappa shape index (κ1) is 19.5. The molecule has 1 atom stereocenters. The lowest BCUT2D eigenvalue weighted by Gasteiger charge is -2.07. The number of carbonyl (C=O) groups excluding carboxylic acids is 1. The van der Waals surface area contributed by atoms with Crippen molar-refractivity contribution in [2.45, 2.75) is 70.8 Å². The van der Waals surface area contributed by atoms with Gasteiger partial charge < -0.3 is 0 Å². The molecule has 0 aliphatic carbocycles. The van der Waals surface area contributed by atoms with E-state index in [0.717, 1.165) is 6.42 Å². The van der Waals surface area contributed by atoms with Crippen molar-refractivity contribution >= 4 is 16.7 Å². The maximum atomic E-state index is 10.9. The highest BCUT2D eigenvalue weighted by molar-refractivity contribution is 5.82. The molecule has 1 unspecified atom stereocenters. The van der Waals surface area contributed by atoms with E-state index in [0.29, 0.717) is 12.5 Å². The standard InChI is InChI=1S/C12H24N2O.C10H8/c1-2-3-4-5-6-7-8-9-11-10-12(15)14-13-11;1-2-6-10-8-4-3-7-9(10)5-1/h11,13H,2-10H2,1H3,(H,14,15);1-8H. The van der Waals surface area contributed by atoms with Gasteiger partial charge in [0.1, 0.15) is 0 Å². The Morgan fingerprint density at radius 3 is 1.84 bits per heavy atom.